The summed E-state index contributed by atoms with van der Waals surface area (Å²) < 4.78 is 11.4. The van der Waals surface area contributed by atoms with E-state index < -0.39 is 23.9 Å². The summed E-state index contributed by atoms with van der Waals surface area (Å²) in [5.74, 6) is 0.678. The largest absolute Gasteiger partial charge is 0.444 e. The van der Waals surface area contributed by atoms with Crippen molar-refractivity contribution in [2.75, 3.05) is 19.7 Å². The summed E-state index contributed by atoms with van der Waals surface area (Å²) in [4.78, 5) is 14.3. The van der Waals surface area contributed by atoms with Crippen molar-refractivity contribution < 1.29 is 24.5 Å². The van der Waals surface area contributed by atoms with Crippen LogP contribution in [0.2, 0.25) is 0 Å². The number of benzene rings is 1. The van der Waals surface area contributed by atoms with E-state index in [9.17, 15) is 15.0 Å². The highest BCUT2D eigenvalue weighted by molar-refractivity contribution is 5.68. The van der Waals surface area contributed by atoms with Gasteiger partial charge in [-0.1, -0.05) is 62.4 Å². The van der Waals surface area contributed by atoms with Gasteiger partial charge in [-0.25, -0.2) is 4.79 Å². The van der Waals surface area contributed by atoms with E-state index in [0.29, 0.717) is 18.9 Å². The van der Waals surface area contributed by atoms with Crippen LogP contribution in [0.25, 0.3) is 0 Å². The molecule has 0 saturated heterocycles. The Morgan fingerprint density at radius 2 is 1.81 bits per heavy atom. The molecule has 176 valence electrons. The van der Waals surface area contributed by atoms with Crippen molar-refractivity contribution >= 4 is 6.09 Å². The first kappa shape index (κ1) is 25.6. The fourth-order valence-corrected chi connectivity index (χ4v) is 4.00. The average Bonchev–Trinajstić information content (AvgIpc) is 2.74. The second-order valence-corrected chi connectivity index (χ2v) is 9.72. The molecular weight excluding hydrogens is 394 g/mol. The van der Waals surface area contributed by atoms with Crippen LogP contribution in [0, 0.1) is 5.92 Å². The molecule has 2 atom stereocenters. The number of rotatable bonds is 11. The molecule has 2 N–H and O–H groups in total. The lowest BCUT2D eigenvalue weighted by molar-refractivity contribution is -0.0349. The molecule has 1 aromatic carbocycles. The molecule has 1 aliphatic rings. The van der Waals surface area contributed by atoms with E-state index in [1.54, 1.807) is 0 Å². The number of nitrogens with zero attached hydrogens (tertiary/aromatic N) is 1. The predicted molar refractivity (Wildman–Crippen MR) is 122 cm³/mol. The molecule has 1 fully saturated rings. The first-order valence-electron chi connectivity index (χ1n) is 11.7. The number of aliphatic hydroxyl groups excluding tert-OH is 2. The Balaban J connectivity index is 1.92. The third kappa shape index (κ3) is 10.5. The Hall–Kier alpha value is -1.63. The van der Waals surface area contributed by atoms with Gasteiger partial charge in [-0.2, -0.15) is 0 Å². The van der Waals surface area contributed by atoms with E-state index in [1.807, 2.05) is 51.1 Å². The minimum absolute atomic E-state index is 0.165. The molecule has 0 spiro atoms. The van der Waals surface area contributed by atoms with E-state index in [0.717, 1.165) is 12.0 Å². The normalized spacial score (nSPS) is 17.2. The van der Waals surface area contributed by atoms with Crippen LogP contribution in [0.3, 0.4) is 0 Å². The molecule has 0 aromatic heterocycles. The van der Waals surface area contributed by atoms with Crippen LogP contribution in [-0.2, 0) is 16.1 Å². The Morgan fingerprint density at radius 3 is 2.42 bits per heavy atom. The van der Waals surface area contributed by atoms with Crippen molar-refractivity contribution in [3.63, 3.8) is 0 Å². The second kappa shape index (κ2) is 13.0. The number of hydrogen-bond donors (Lipinski definition) is 2. The fourth-order valence-electron chi connectivity index (χ4n) is 4.00. The van der Waals surface area contributed by atoms with Gasteiger partial charge < -0.3 is 24.6 Å². The topological polar surface area (TPSA) is 79.2 Å². The molecule has 1 aromatic rings. The minimum Gasteiger partial charge on any atom is -0.444 e. The highest BCUT2D eigenvalue weighted by Gasteiger charge is 2.27. The van der Waals surface area contributed by atoms with E-state index >= 15 is 0 Å². The third-order valence-corrected chi connectivity index (χ3v) is 5.67. The molecule has 1 saturated carbocycles. The molecule has 6 nitrogen and oxygen atoms in total. The number of hydrogen-bond acceptors (Lipinski definition) is 5. The van der Waals surface area contributed by atoms with Crippen LogP contribution in [0.15, 0.2) is 30.3 Å². The van der Waals surface area contributed by atoms with Crippen molar-refractivity contribution in [2.45, 2.75) is 90.1 Å². The molecule has 6 heteroatoms. The second-order valence-electron chi connectivity index (χ2n) is 9.72. The Labute approximate surface area is 187 Å². The summed E-state index contributed by atoms with van der Waals surface area (Å²) in [6, 6.07) is 9.71. The van der Waals surface area contributed by atoms with Gasteiger partial charge in [0.1, 0.15) is 5.60 Å². The molecule has 0 unspecified atom stereocenters. The number of carbonyl (C=O) groups is 1. The van der Waals surface area contributed by atoms with E-state index in [2.05, 4.69) is 0 Å². The molecule has 31 heavy (non-hydrogen) atoms. The number of amides is 1. The van der Waals surface area contributed by atoms with Crippen molar-refractivity contribution in [1.82, 2.24) is 4.90 Å². The van der Waals surface area contributed by atoms with Gasteiger partial charge in [0.2, 0.25) is 0 Å². The number of carbonyl (C=O) groups excluding carboxylic acids is 1. The highest BCUT2D eigenvalue weighted by atomic mass is 16.6. The molecule has 0 heterocycles. The zero-order chi connectivity index (χ0) is 22.7. The standard InChI is InChI=1S/C25H41NO5/c1-25(2,3)31-24(29)26(16-22(28)15-14-20-10-6-4-7-11-20)17-23(18-27)30-19-21-12-8-5-9-13-21/h5,8-9,12-13,20,22-23,27-28H,4,6-7,10-11,14-19H2,1-3H3/t22-,23+/m0/s1. The molecule has 1 amide bonds. The van der Waals surface area contributed by atoms with Crippen molar-refractivity contribution in [3.8, 4) is 0 Å². The Bertz CT molecular complexity index is 625. The third-order valence-electron chi connectivity index (χ3n) is 5.67. The van der Waals surface area contributed by atoms with Gasteiger partial charge in [0.15, 0.2) is 0 Å². The summed E-state index contributed by atoms with van der Waals surface area (Å²) in [5, 5.41) is 20.4. The predicted octanol–water partition coefficient (Wildman–Crippen LogP) is 4.52. The van der Waals surface area contributed by atoms with Crippen LogP contribution in [0.1, 0.15) is 71.3 Å². The van der Waals surface area contributed by atoms with E-state index in [4.69, 9.17) is 9.47 Å². The molecule has 1 aliphatic carbocycles. The summed E-state index contributed by atoms with van der Waals surface area (Å²) >= 11 is 0. The molecule has 2 rings (SSSR count). The average molecular weight is 436 g/mol. The minimum atomic E-state index is -0.637. The van der Waals surface area contributed by atoms with E-state index in [-0.39, 0.29) is 19.7 Å². The summed E-state index contributed by atoms with van der Waals surface area (Å²) in [7, 11) is 0. The smallest absolute Gasteiger partial charge is 0.410 e. The number of aliphatic hydroxyl groups is 2. The van der Waals surface area contributed by atoms with Crippen LogP contribution in [0.5, 0.6) is 0 Å². The maximum absolute atomic E-state index is 12.8. The SMILES string of the molecule is CC(C)(C)OC(=O)N(C[C@@H](O)CCC1CCCCC1)C[C@H](CO)OCc1ccccc1. The molecular formula is C25H41NO5. The van der Waals surface area contributed by atoms with Crippen LogP contribution >= 0.6 is 0 Å². The monoisotopic (exact) mass is 435 g/mol. The maximum atomic E-state index is 12.8. The molecule has 0 bridgehead atoms. The summed E-state index contributed by atoms with van der Waals surface area (Å²) in [6.45, 7) is 5.92. The van der Waals surface area contributed by atoms with Gasteiger partial charge in [-0.3, -0.25) is 0 Å². The van der Waals surface area contributed by atoms with Crippen molar-refractivity contribution in [1.29, 1.82) is 0 Å². The Kier molecular flexibility index (Phi) is 10.8. The quantitative estimate of drug-likeness (QED) is 0.534. The van der Waals surface area contributed by atoms with Crippen molar-refractivity contribution in [3.05, 3.63) is 35.9 Å². The highest BCUT2D eigenvalue weighted by Crippen LogP contribution is 2.28. The van der Waals surface area contributed by atoms with Gasteiger partial charge in [-0.15, -0.1) is 0 Å². The lowest BCUT2D eigenvalue weighted by Gasteiger charge is -2.31. The number of ether oxygens (including phenoxy) is 2. The van der Waals surface area contributed by atoms with E-state index in [1.165, 1.54) is 37.0 Å². The van der Waals surface area contributed by atoms with Crippen LogP contribution in [0.4, 0.5) is 4.79 Å². The van der Waals surface area contributed by atoms with Gasteiger partial charge in [0.05, 0.1) is 38.5 Å². The molecule has 0 aliphatic heterocycles. The summed E-state index contributed by atoms with van der Waals surface area (Å²) in [5.41, 5.74) is 0.361. The maximum Gasteiger partial charge on any atom is 0.410 e. The van der Waals surface area contributed by atoms with Crippen LogP contribution in [-0.4, -0.2) is 58.7 Å². The fraction of sp³-hybridized carbons (Fsp3) is 0.720. The zero-order valence-corrected chi connectivity index (χ0v) is 19.5. The molecule has 0 radical (unpaired) electrons. The lowest BCUT2D eigenvalue weighted by Crippen LogP contribution is -2.46. The van der Waals surface area contributed by atoms with Gasteiger partial charge in [-0.05, 0) is 45.1 Å². The van der Waals surface area contributed by atoms with Gasteiger partial charge >= 0.3 is 6.09 Å². The first-order chi connectivity index (χ1) is 14.8. The Morgan fingerprint density at radius 1 is 1.13 bits per heavy atom. The van der Waals surface area contributed by atoms with Crippen LogP contribution < -0.4 is 0 Å². The summed E-state index contributed by atoms with van der Waals surface area (Å²) in [6.07, 6.45) is 6.33. The zero-order valence-electron chi connectivity index (χ0n) is 19.5. The van der Waals surface area contributed by atoms with Gasteiger partial charge in [0.25, 0.3) is 0 Å². The van der Waals surface area contributed by atoms with Crippen molar-refractivity contribution in [2.24, 2.45) is 5.92 Å². The first-order valence-corrected chi connectivity index (χ1v) is 11.7. The van der Waals surface area contributed by atoms with Gasteiger partial charge in [0, 0.05) is 0 Å². The lowest BCUT2D eigenvalue weighted by atomic mass is 9.85.